The second-order valence-corrected chi connectivity index (χ2v) is 6.22. The van der Waals surface area contributed by atoms with Crippen LogP contribution in [0.15, 0.2) is 73.2 Å². The number of nitrogens with one attached hydrogen (secondary N) is 1. The Bertz CT molecular complexity index is 1080. The van der Waals surface area contributed by atoms with Gasteiger partial charge in [-0.2, -0.15) is 0 Å². The molecular formula is C20H15ClN4O2. The molecule has 0 fully saturated rings. The summed E-state index contributed by atoms with van der Waals surface area (Å²) in [6.07, 6.45) is 5.35. The average molecular weight is 379 g/mol. The van der Waals surface area contributed by atoms with Crippen LogP contribution in [0.4, 0.5) is 5.69 Å². The van der Waals surface area contributed by atoms with Gasteiger partial charge >= 0.3 is 0 Å². The van der Waals surface area contributed by atoms with Crippen LogP contribution in [-0.4, -0.2) is 20.3 Å². The van der Waals surface area contributed by atoms with Crippen LogP contribution in [0.5, 0.6) is 5.75 Å². The Balaban J connectivity index is 1.43. The van der Waals surface area contributed by atoms with E-state index in [1.807, 2.05) is 47.1 Å². The van der Waals surface area contributed by atoms with E-state index in [1.165, 1.54) is 12.3 Å². The maximum atomic E-state index is 12.3. The molecule has 0 atom stereocenters. The van der Waals surface area contributed by atoms with Crippen molar-refractivity contribution in [2.24, 2.45) is 0 Å². The SMILES string of the molecule is O=C(Nc1cccc(OCc2cn3ccccc3n2)c1)c1ccnc(Cl)c1. The second-order valence-electron chi connectivity index (χ2n) is 5.84. The molecule has 0 bridgehead atoms. The van der Waals surface area contributed by atoms with Crippen LogP contribution in [0.3, 0.4) is 0 Å². The number of amides is 1. The van der Waals surface area contributed by atoms with Crippen molar-refractivity contribution < 1.29 is 9.53 Å². The van der Waals surface area contributed by atoms with E-state index in [-0.39, 0.29) is 11.1 Å². The number of pyridine rings is 2. The molecule has 0 unspecified atom stereocenters. The van der Waals surface area contributed by atoms with E-state index in [0.29, 0.717) is 23.6 Å². The molecule has 7 heteroatoms. The number of carbonyl (C=O) groups excluding carboxylic acids is 1. The summed E-state index contributed by atoms with van der Waals surface area (Å²) in [5, 5.41) is 3.09. The molecule has 0 spiro atoms. The summed E-state index contributed by atoms with van der Waals surface area (Å²) in [7, 11) is 0. The number of halogens is 1. The Hall–Kier alpha value is -3.38. The first-order valence-electron chi connectivity index (χ1n) is 8.26. The number of fused-ring (bicyclic) bond motifs is 1. The molecule has 0 aliphatic heterocycles. The lowest BCUT2D eigenvalue weighted by Gasteiger charge is -2.08. The highest BCUT2D eigenvalue weighted by atomic mass is 35.5. The number of anilines is 1. The average Bonchev–Trinajstić information content (AvgIpc) is 3.10. The smallest absolute Gasteiger partial charge is 0.255 e. The van der Waals surface area contributed by atoms with Crippen molar-refractivity contribution in [2.45, 2.75) is 6.61 Å². The van der Waals surface area contributed by atoms with Gasteiger partial charge in [-0.15, -0.1) is 0 Å². The van der Waals surface area contributed by atoms with Crippen LogP contribution in [0.1, 0.15) is 16.1 Å². The van der Waals surface area contributed by atoms with Crippen molar-refractivity contribution in [3.8, 4) is 5.75 Å². The van der Waals surface area contributed by atoms with Gasteiger partial charge in [-0.25, -0.2) is 9.97 Å². The zero-order valence-corrected chi connectivity index (χ0v) is 14.9. The van der Waals surface area contributed by atoms with Gasteiger partial charge in [0.1, 0.15) is 23.2 Å². The van der Waals surface area contributed by atoms with Crippen molar-refractivity contribution in [3.05, 3.63) is 89.6 Å². The first-order chi connectivity index (χ1) is 13.2. The fourth-order valence-electron chi connectivity index (χ4n) is 2.62. The third-order valence-corrected chi connectivity index (χ3v) is 4.09. The highest BCUT2D eigenvalue weighted by Crippen LogP contribution is 2.20. The van der Waals surface area contributed by atoms with Gasteiger partial charge in [0.25, 0.3) is 5.91 Å². The summed E-state index contributed by atoms with van der Waals surface area (Å²) in [6.45, 7) is 0.332. The van der Waals surface area contributed by atoms with E-state index < -0.39 is 0 Å². The predicted molar refractivity (Wildman–Crippen MR) is 103 cm³/mol. The van der Waals surface area contributed by atoms with Crippen molar-refractivity contribution in [1.29, 1.82) is 0 Å². The fourth-order valence-corrected chi connectivity index (χ4v) is 2.80. The number of ether oxygens (including phenoxy) is 1. The van der Waals surface area contributed by atoms with Crippen molar-refractivity contribution in [2.75, 3.05) is 5.32 Å². The molecule has 1 N–H and O–H groups in total. The molecule has 1 amide bonds. The van der Waals surface area contributed by atoms with E-state index in [9.17, 15) is 4.79 Å². The van der Waals surface area contributed by atoms with Crippen molar-refractivity contribution in [3.63, 3.8) is 0 Å². The molecule has 0 saturated heterocycles. The van der Waals surface area contributed by atoms with Crippen LogP contribution >= 0.6 is 11.6 Å². The van der Waals surface area contributed by atoms with E-state index in [0.717, 1.165) is 11.3 Å². The largest absolute Gasteiger partial charge is 0.487 e. The molecule has 6 nitrogen and oxygen atoms in total. The molecule has 3 aromatic heterocycles. The Morgan fingerprint density at radius 3 is 2.93 bits per heavy atom. The summed E-state index contributed by atoms with van der Waals surface area (Å²) in [5.41, 5.74) is 2.75. The maximum absolute atomic E-state index is 12.3. The summed E-state index contributed by atoms with van der Waals surface area (Å²) in [6, 6.07) is 16.1. The number of nitrogens with zero attached hydrogens (tertiary/aromatic N) is 3. The lowest BCUT2D eigenvalue weighted by Crippen LogP contribution is -2.12. The minimum atomic E-state index is -0.267. The Morgan fingerprint density at radius 2 is 2.07 bits per heavy atom. The molecule has 4 rings (SSSR count). The molecular weight excluding hydrogens is 364 g/mol. The number of hydrogen-bond acceptors (Lipinski definition) is 4. The second kappa shape index (κ2) is 7.47. The third-order valence-electron chi connectivity index (χ3n) is 3.88. The molecule has 0 saturated carbocycles. The van der Waals surface area contributed by atoms with Crippen molar-refractivity contribution >= 4 is 28.8 Å². The Labute approximate surface area is 160 Å². The first kappa shape index (κ1) is 17.1. The molecule has 0 aliphatic carbocycles. The third kappa shape index (κ3) is 4.07. The molecule has 27 heavy (non-hydrogen) atoms. The highest BCUT2D eigenvalue weighted by Gasteiger charge is 2.08. The quantitative estimate of drug-likeness (QED) is 0.528. The predicted octanol–water partition coefficient (Wildman–Crippen LogP) is 4.21. The highest BCUT2D eigenvalue weighted by molar-refractivity contribution is 6.29. The Kier molecular flexibility index (Phi) is 4.72. The lowest BCUT2D eigenvalue weighted by atomic mass is 10.2. The van der Waals surface area contributed by atoms with E-state index in [2.05, 4.69) is 15.3 Å². The molecule has 1 aromatic carbocycles. The normalized spacial score (nSPS) is 10.7. The summed E-state index contributed by atoms with van der Waals surface area (Å²) >= 11 is 5.83. The van der Waals surface area contributed by atoms with Crippen LogP contribution in [0.25, 0.3) is 5.65 Å². The number of benzene rings is 1. The van der Waals surface area contributed by atoms with Gasteiger partial charge in [-0.1, -0.05) is 23.7 Å². The van der Waals surface area contributed by atoms with Gasteiger partial charge in [0.05, 0.1) is 5.69 Å². The minimum Gasteiger partial charge on any atom is -0.487 e. The maximum Gasteiger partial charge on any atom is 0.255 e. The molecule has 4 aromatic rings. The molecule has 0 radical (unpaired) electrons. The van der Waals surface area contributed by atoms with Crippen LogP contribution in [0.2, 0.25) is 5.15 Å². The van der Waals surface area contributed by atoms with Crippen LogP contribution < -0.4 is 10.1 Å². The fraction of sp³-hybridized carbons (Fsp3) is 0.0500. The number of carbonyl (C=O) groups is 1. The van der Waals surface area contributed by atoms with Crippen LogP contribution in [0, 0.1) is 0 Å². The zero-order valence-electron chi connectivity index (χ0n) is 14.2. The van der Waals surface area contributed by atoms with Gasteiger partial charge in [0, 0.05) is 35.9 Å². The number of imidazole rings is 1. The van der Waals surface area contributed by atoms with Gasteiger partial charge in [-0.05, 0) is 36.4 Å². The van der Waals surface area contributed by atoms with Crippen LogP contribution in [-0.2, 0) is 6.61 Å². The lowest BCUT2D eigenvalue weighted by molar-refractivity contribution is 0.102. The Morgan fingerprint density at radius 1 is 1.15 bits per heavy atom. The van der Waals surface area contributed by atoms with Crippen molar-refractivity contribution in [1.82, 2.24) is 14.4 Å². The monoisotopic (exact) mass is 378 g/mol. The zero-order chi connectivity index (χ0) is 18.6. The summed E-state index contributed by atoms with van der Waals surface area (Å²) in [5.74, 6) is 0.370. The topological polar surface area (TPSA) is 68.5 Å². The van der Waals surface area contributed by atoms with Gasteiger partial charge < -0.3 is 14.5 Å². The van der Waals surface area contributed by atoms with E-state index in [1.54, 1.807) is 18.2 Å². The van der Waals surface area contributed by atoms with E-state index >= 15 is 0 Å². The van der Waals surface area contributed by atoms with Gasteiger partial charge in [-0.3, -0.25) is 4.79 Å². The van der Waals surface area contributed by atoms with Gasteiger partial charge in [0.2, 0.25) is 0 Å². The number of rotatable bonds is 5. The number of hydrogen-bond donors (Lipinski definition) is 1. The van der Waals surface area contributed by atoms with E-state index in [4.69, 9.17) is 16.3 Å². The molecule has 0 aliphatic rings. The molecule has 134 valence electrons. The summed E-state index contributed by atoms with van der Waals surface area (Å²) in [4.78, 5) is 20.7. The standard InChI is InChI=1S/C20H15ClN4O2/c21-18-10-14(7-8-22-18)20(26)24-15-4-3-5-17(11-15)27-13-16-12-25-9-2-1-6-19(25)23-16/h1-12H,13H2,(H,24,26). The number of aromatic nitrogens is 3. The van der Waals surface area contributed by atoms with Gasteiger partial charge in [0.15, 0.2) is 0 Å². The minimum absolute atomic E-state index is 0.267. The summed E-state index contributed by atoms with van der Waals surface area (Å²) < 4.78 is 7.75. The molecule has 3 heterocycles. The first-order valence-corrected chi connectivity index (χ1v) is 8.63.